The van der Waals surface area contributed by atoms with E-state index in [-0.39, 0.29) is 23.0 Å². The quantitative estimate of drug-likeness (QED) is 0.460. The second kappa shape index (κ2) is 5.98. The van der Waals surface area contributed by atoms with Gasteiger partial charge in [-0.2, -0.15) is 0 Å². The van der Waals surface area contributed by atoms with Gasteiger partial charge in [0.25, 0.3) is 0 Å². The van der Waals surface area contributed by atoms with Crippen LogP contribution in [0.4, 0.5) is 0 Å². The maximum absolute atomic E-state index is 13.1. The highest BCUT2D eigenvalue weighted by Gasteiger charge is 2.60. The van der Waals surface area contributed by atoms with Crippen LogP contribution in [0.1, 0.15) is 58.3 Å². The first kappa shape index (κ1) is 17.3. The number of hydrogen-bond donors (Lipinski definition) is 2. The van der Waals surface area contributed by atoms with Crippen molar-refractivity contribution in [3.05, 3.63) is 11.6 Å². The Morgan fingerprint density at radius 3 is 2.64 bits per heavy atom. The molecule has 0 aromatic heterocycles. The van der Waals surface area contributed by atoms with Crippen molar-refractivity contribution in [1.82, 2.24) is 0 Å². The fraction of sp³-hybridized carbons (Fsp3) is 0.789. The van der Waals surface area contributed by atoms with E-state index in [9.17, 15) is 9.59 Å². The molecule has 0 saturated heterocycles. The second-order valence-electron chi connectivity index (χ2n) is 8.39. The smallest absolute Gasteiger partial charge is 0.209 e. The zero-order chi connectivity index (χ0) is 17.8. The number of allylic oxidation sites excluding steroid dienone is 1. The minimum atomic E-state index is -0.969. The van der Waals surface area contributed by atoms with Crippen LogP contribution in [0.15, 0.2) is 11.6 Å². The standard InChI is InChI=1S/C19H28N2O4/c1-2-18-10-15(22)17-12-7-8-19(24-20,25-21)9-11(12)3-4-13(17)14(18)5-6-16(18)23/h3,12-14,17H,2,4-10,20-21H2,1H3/t12?,13?,14?,17?,18-/m0/s1. The van der Waals surface area contributed by atoms with E-state index in [1.54, 1.807) is 0 Å². The Labute approximate surface area is 148 Å². The molecule has 0 aromatic carbocycles. The van der Waals surface area contributed by atoms with E-state index in [1.807, 2.05) is 0 Å². The molecule has 0 spiro atoms. The first-order valence-electron chi connectivity index (χ1n) is 9.51. The predicted molar refractivity (Wildman–Crippen MR) is 90.4 cm³/mol. The first-order valence-corrected chi connectivity index (χ1v) is 9.51. The number of ketones is 2. The van der Waals surface area contributed by atoms with Gasteiger partial charge in [-0.1, -0.05) is 18.6 Å². The molecule has 4 N–H and O–H groups in total. The normalized spacial score (nSPS) is 42.4. The van der Waals surface area contributed by atoms with E-state index in [2.05, 4.69) is 13.0 Å². The molecule has 0 aliphatic heterocycles. The average molecular weight is 348 g/mol. The Hall–Kier alpha value is -1.08. The summed E-state index contributed by atoms with van der Waals surface area (Å²) < 4.78 is 0. The highest BCUT2D eigenvalue weighted by atomic mass is 16.8. The highest BCUT2D eigenvalue weighted by Crippen LogP contribution is 2.60. The molecular formula is C19H28N2O4. The van der Waals surface area contributed by atoms with Crippen molar-refractivity contribution >= 4 is 11.6 Å². The molecule has 4 aliphatic carbocycles. The summed E-state index contributed by atoms with van der Waals surface area (Å²) in [4.78, 5) is 35.8. The molecule has 0 aromatic rings. The number of rotatable bonds is 3. The highest BCUT2D eigenvalue weighted by molar-refractivity contribution is 5.95. The number of fused-ring (bicyclic) bond motifs is 5. The SMILES string of the molecule is CC[C@]12CC(=O)C3C4CCC(ON)(ON)CC4=CCC3C1CCC2=O. The van der Waals surface area contributed by atoms with E-state index < -0.39 is 5.79 Å². The predicted octanol–water partition coefficient (Wildman–Crippen LogP) is 2.17. The molecular weight excluding hydrogens is 320 g/mol. The van der Waals surface area contributed by atoms with E-state index in [1.165, 1.54) is 5.57 Å². The number of Topliss-reactive ketones (excluding diaryl/α,β-unsaturated/α-hetero) is 2. The third-order valence-electron chi connectivity index (χ3n) is 7.72. The van der Waals surface area contributed by atoms with E-state index in [0.29, 0.717) is 43.3 Å². The van der Waals surface area contributed by atoms with Crippen LogP contribution in [0.25, 0.3) is 0 Å². The molecule has 4 unspecified atom stereocenters. The summed E-state index contributed by atoms with van der Waals surface area (Å²) in [6.45, 7) is 2.07. The van der Waals surface area contributed by atoms with Crippen LogP contribution in [-0.2, 0) is 19.3 Å². The summed E-state index contributed by atoms with van der Waals surface area (Å²) in [6.07, 6.45) is 7.78. The van der Waals surface area contributed by atoms with Gasteiger partial charge in [0.1, 0.15) is 11.6 Å². The Bertz CT molecular complexity index is 627. The number of carbonyl (C=O) groups is 2. The number of nitrogens with two attached hydrogens (primary N) is 2. The molecule has 6 nitrogen and oxygen atoms in total. The van der Waals surface area contributed by atoms with Gasteiger partial charge in [-0.3, -0.25) is 19.3 Å². The lowest BCUT2D eigenvalue weighted by molar-refractivity contribution is -0.256. The van der Waals surface area contributed by atoms with Gasteiger partial charge in [0.05, 0.1) is 0 Å². The van der Waals surface area contributed by atoms with Gasteiger partial charge < -0.3 is 0 Å². The van der Waals surface area contributed by atoms with Gasteiger partial charge in [-0.15, -0.1) is 0 Å². The largest absolute Gasteiger partial charge is 0.299 e. The van der Waals surface area contributed by atoms with Crippen molar-refractivity contribution in [2.75, 3.05) is 0 Å². The minimum absolute atomic E-state index is 0.0316. The molecule has 0 bridgehead atoms. The fourth-order valence-corrected chi connectivity index (χ4v) is 6.45. The monoisotopic (exact) mass is 348 g/mol. The van der Waals surface area contributed by atoms with Crippen molar-refractivity contribution in [1.29, 1.82) is 0 Å². The van der Waals surface area contributed by atoms with Gasteiger partial charge in [0, 0.05) is 37.0 Å². The topological polar surface area (TPSA) is 105 Å². The molecule has 0 amide bonds. The molecule has 4 rings (SSSR count). The fourth-order valence-electron chi connectivity index (χ4n) is 6.45. The first-order chi connectivity index (χ1) is 12.0. The number of carbonyl (C=O) groups excluding carboxylic acids is 2. The van der Waals surface area contributed by atoms with Gasteiger partial charge in [-0.05, 0) is 43.4 Å². The van der Waals surface area contributed by atoms with Gasteiger partial charge in [0.2, 0.25) is 5.79 Å². The van der Waals surface area contributed by atoms with E-state index in [0.717, 1.165) is 25.7 Å². The average Bonchev–Trinajstić information content (AvgIpc) is 2.97. The van der Waals surface area contributed by atoms with Crippen LogP contribution >= 0.6 is 0 Å². The molecule has 138 valence electrons. The second-order valence-corrected chi connectivity index (χ2v) is 8.39. The van der Waals surface area contributed by atoms with E-state index >= 15 is 0 Å². The summed E-state index contributed by atoms with van der Waals surface area (Å²) >= 11 is 0. The zero-order valence-electron chi connectivity index (χ0n) is 14.8. The maximum Gasteiger partial charge on any atom is 0.209 e. The molecule has 3 fully saturated rings. The maximum atomic E-state index is 13.1. The molecule has 6 heteroatoms. The molecule has 4 aliphatic rings. The lowest BCUT2D eigenvalue weighted by Gasteiger charge is -2.52. The number of hydrogen-bond acceptors (Lipinski definition) is 6. The summed E-state index contributed by atoms with van der Waals surface area (Å²) in [7, 11) is 0. The zero-order valence-corrected chi connectivity index (χ0v) is 14.8. The summed E-state index contributed by atoms with van der Waals surface area (Å²) in [5.41, 5.74) is 0.799. The van der Waals surface area contributed by atoms with Gasteiger partial charge in [0.15, 0.2) is 0 Å². The molecule has 5 atom stereocenters. The lowest BCUT2D eigenvalue weighted by atomic mass is 9.51. The van der Waals surface area contributed by atoms with Crippen LogP contribution in [0.5, 0.6) is 0 Å². The van der Waals surface area contributed by atoms with Crippen LogP contribution < -0.4 is 11.8 Å². The van der Waals surface area contributed by atoms with Crippen molar-refractivity contribution in [3.63, 3.8) is 0 Å². The van der Waals surface area contributed by atoms with Gasteiger partial charge >= 0.3 is 0 Å². The van der Waals surface area contributed by atoms with Crippen molar-refractivity contribution in [2.24, 2.45) is 40.9 Å². The Kier molecular flexibility index (Phi) is 4.15. The van der Waals surface area contributed by atoms with E-state index in [4.69, 9.17) is 21.5 Å². The van der Waals surface area contributed by atoms with Crippen LogP contribution in [0.2, 0.25) is 0 Å². The third-order valence-corrected chi connectivity index (χ3v) is 7.72. The Morgan fingerprint density at radius 2 is 1.96 bits per heavy atom. The third kappa shape index (κ3) is 2.31. The van der Waals surface area contributed by atoms with Crippen molar-refractivity contribution < 1.29 is 19.3 Å². The van der Waals surface area contributed by atoms with Crippen LogP contribution in [0.3, 0.4) is 0 Å². The Balaban J connectivity index is 1.66. The summed E-state index contributed by atoms with van der Waals surface area (Å²) in [5, 5.41) is 0. The molecule has 3 saturated carbocycles. The molecule has 25 heavy (non-hydrogen) atoms. The minimum Gasteiger partial charge on any atom is -0.299 e. The molecule has 0 heterocycles. The van der Waals surface area contributed by atoms with Crippen molar-refractivity contribution in [2.45, 2.75) is 64.1 Å². The van der Waals surface area contributed by atoms with Crippen molar-refractivity contribution in [3.8, 4) is 0 Å². The van der Waals surface area contributed by atoms with Crippen LogP contribution in [-0.4, -0.2) is 17.4 Å². The van der Waals surface area contributed by atoms with Crippen LogP contribution in [0, 0.1) is 29.1 Å². The summed E-state index contributed by atoms with van der Waals surface area (Å²) in [5.74, 6) is 11.4. The van der Waals surface area contributed by atoms with Gasteiger partial charge in [-0.25, -0.2) is 11.8 Å². The summed E-state index contributed by atoms with van der Waals surface area (Å²) in [6, 6.07) is 0. The molecule has 0 radical (unpaired) electrons. The Morgan fingerprint density at radius 1 is 1.20 bits per heavy atom. The lowest BCUT2D eigenvalue weighted by Crippen LogP contribution is -2.54.